The molecular formula is C24H35N3O3. The van der Waals surface area contributed by atoms with E-state index in [9.17, 15) is 14.4 Å². The normalized spacial score (nSPS) is 20.8. The van der Waals surface area contributed by atoms with E-state index >= 15 is 0 Å². The summed E-state index contributed by atoms with van der Waals surface area (Å²) in [5, 5.41) is 5.92. The highest BCUT2D eigenvalue weighted by atomic mass is 16.2. The highest BCUT2D eigenvalue weighted by Crippen LogP contribution is 2.33. The van der Waals surface area contributed by atoms with Crippen molar-refractivity contribution in [2.24, 2.45) is 5.92 Å². The zero-order valence-electron chi connectivity index (χ0n) is 18.3. The van der Waals surface area contributed by atoms with Crippen molar-refractivity contribution in [3.8, 4) is 0 Å². The predicted octanol–water partition coefficient (Wildman–Crippen LogP) is 3.51. The van der Waals surface area contributed by atoms with Crippen molar-refractivity contribution in [2.75, 3.05) is 18.0 Å². The van der Waals surface area contributed by atoms with E-state index in [0.717, 1.165) is 30.5 Å². The fraction of sp³-hybridized carbons (Fsp3) is 0.625. The van der Waals surface area contributed by atoms with Crippen molar-refractivity contribution < 1.29 is 14.4 Å². The molecule has 2 atom stereocenters. The van der Waals surface area contributed by atoms with Gasteiger partial charge in [-0.2, -0.15) is 0 Å². The summed E-state index contributed by atoms with van der Waals surface area (Å²) in [6.45, 7) is 4.99. The molecule has 0 aromatic heterocycles. The van der Waals surface area contributed by atoms with Crippen molar-refractivity contribution in [3.05, 3.63) is 29.8 Å². The van der Waals surface area contributed by atoms with Gasteiger partial charge in [0.2, 0.25) is 17.7 Å². The maximum atomic E-state index is 12.6. The van der Waals surface area contributed by atoms with Gasteiger partial charge in [-0.3, -0.25) is 14.4 Å². The molecule has 3 amide bonds. The SMILES string of the molecule is CCC(C)c1ccccc1N1CC(C(=O)NCCC(=O)NC2CCCCC2)CC1=O. The van der Waals surface area contributed by atoms with Crippen molar-refractivity contribution >= 4 is 23.4 Å². The number of carbonyl (C=O) groups excluding carboxylic acids is 3. The van der Waals surface area contributed by atoms with Crippen LogP contribution in [0.15, 0.2) is 24.3 Å². The molecule has 164 valence electrons. The van der Waals surface area contributed by atoms with Gasteiger partial charge in [0.25, 0.3) is 0 Å². The maximum absolute atomic E-state index is 12.6. The molecule has 2 aliphatic rings. The van der Waals surface area contributed by atoms with Gasteiger partial charge in [0, 0.05) is 37.7 Å². The third-order valence-electron chi connectivity index (χ3n) is 6.49. The minimum atomic E-state index is -0.371. The summed E-state index contributed by atoms with van der Waals surface area (Å²) in [5.74, 6) is -0.180. The summed E-state index contributed by atoms with van der Waals surface area (Å²) < 4.78 is 0. The van der Waals surface area contributed by atoms with Gasteiger partial charge < -0.3 is 15.5 Å². The quantitative estimate of drug-likeness (QED) is 0.685. The molecular weight excluding hydrogens is 378 g/mol. The van der Waals surface area contributed by atoms with E-state index in [1.807, 2.05) is 18.2 Å². The molecule has 30 heavy (non-hydrogen) atoms. The number of carbonyl (C=O) groups is 3. The molecule has 2 unspecified atom stereocenters. The van der Waals surface area contributed by atoms with Crippen LogP contribution in [-0.4, -0.2) is 36.9 Å². The van der Waals surface area contributed by atoms with Gasteiger partial charge in [-0.15, -0.1) is 0 Å². The van der Waals surface area contributed by atoms with Gasteiger partial charge in [-0.05, 0) is 36.8 Å². The van der Waals surface area contributed by atoms with Gasteiger partial charge in [-0.25, -0.2) is 0 Å². The molecule has 2 fully saturated rings. The second-order valence-electron chi connectivity index (χ2n) is 8.72. The van der Waals surface area contributed by atoms with Crippen LogP contribution in [0, 0.1) is 5.92 Å². The largest absolute Gasteiger partial charge is 0.355 e. The molecule has 1 aromatic carbocycles. The van der Waals surface area contributed by atoms with Gasteiger partial charge in [-0.1, -0.05) is 51.3 Å². The Kier molecular flexibility index (Phi) is 7.88. The number of hydrogen-bond donors (Lipinski definition) is 2. The number of rotatable bonds is 8. The molecule has 1 saturated carbocycles. The van der Waals surface area contributed by atoms with Crippen LogP contribution >= 0.6 is 0 Å². The number of anilines is 1. The smallest absolute Gasteiger partial charge is 0.227 e. The van der Waals surface area contributed by atoms with Crippen molar-refractivity contribution in [1.29, 1.82) is 0 Å². The fourth-order valence-corrected chi connectivity index (χ4v) is 4.48. The van der Waals surface area contributed by atoms with E-state index in [2.05, 4.69) is 30.5 Å². The summed E-state index contributed by atoms with van der Waals surface area (Å²) >= 11 is 0. The molecule has 1 saturated heterocycles. The Morgan fingerprint density at radius 3 is 2.63 bits per heavy atom. The van der Waals surface area contributed by atoms with Gasteiger partial charge in [0.15, 0.2) is 0 Å². The Labute approximate surface area is 179 Å². The van der Waals surface area contributed by atoms with E-state index in [4.69, 9.17) is 0 Å². The number of nitrogens with one attached hydrogen (secondary N) is 2. The summed E-state index contributed by atoms with van der Waals surface area (Å²) in [6.07, 6.45) is 7.19. The molecule has 2 N–H and O–H groups in total. The third kappa shape index (κ3) is 5.61. The topological polar surface area (TPSA) is 78.5 Å². The number of hydrogen-bond acceptors (Lipinski definition) is 3. The number of para-hydroxylation sites is 1. The Morgan fingerprint density at radius 2 is 1.90 bits per heavy atom. The lowest BCUT2D eigenvalue weighted by Gasteiger charge is -2.23. The maximum Gasteiger partial charge on any atom is 0.227 e. The van der Waals surface area contributed by atoms with Crippen LogP contribution in [0.4, 0.5) is 5.69 Å². The highest BCUT2D eigenvalue weighted by molar-refractivity contribution is 6.01. The molecule has 0 bridgehead atoms. The van der Waals surface area contributed by atoms with Gasteiger partial charge in [0.05, 0.1) is 5.92 Å². The van der Waals surface area contributed by atoms with Crippen molar-refractivity contribution in [2.45, 2.75) is 77.2 Å². The van der Waals surface area contributed by atoms with E-state index in [-0.39, 0.29) is 42.5 Å². The Balaban J connectivity index is 1.49. The number of amides is 3. The van der Waals surface area contributed by atoms with E-state index in [1.54, 1.807) is 4.90 Å². The van der Waals surface area contributed by atoms with Crippen LogP contribution in [0.1, 0.15) is 76.7 Å². The lowest BCUT2D eigenvalue weighted by Crippen LogP contribution is -2.39. The Morgan fingerprint density at radius 1 is 1.17 bits per heavy atom. The van der Waals surface area contributed by atoms with Gasteiger partial charge in [0.1, 0.15) is 0 Å². The first-order valence-electron chi connectivity index (χ1n) is 11.5. The van der Waals surface area contributed by atoms with Crippen LogP contribution < -0.4 is 15.5 Å². The van der Waals surface area contributed by atoms with Crippen LogP contribution in [0.3, 0.4) is 0 Å². The highest BCUT2D eigenvalue weighted by Gasteiger charge is 2.36. The minimum Gasteiger partial charge on any atom is -0.355 e. The lowest BCUT2D eigenvalue weighted by molar-refractivity contribution is -0.126. The summed E-state index contributed by atoms with van der Waals surface area (Å²) in [5.41, 5.74) is 2.06. The predicted molar refractivity (Wildman–Crippen MR) is 118 cm³/mol. The fourth-order valence-electron chi connectivity index (χ4n) is 4.48. The molecule has 6 heteroatoms. The van der Waals surface area contributed by atoms with E-state index < -0.39 is 0 Å². The van der Waals surface area contributed by atoms with Crippen LogP contribution in [0.5, 0.6) is 0 Å². The first kappa shape index (κ1) is 22.3. The molecule has 1 aliphatic heterocycles. The number of benzene rings is 1. The standard InChI is InChI=1S/C24H35N3O3/c1-3-17(2)20-11-7-8-12-21(20)27-16-18(15-23(27)29)24(30)25-14-13-22(28)26-19-9-5-4-6-10-19/h7-8,11-12,17-19H,3-6,9-10,13-16H2,1-2H3,(H,25,30)(H,26,28). The minimum absolute atomic E-state index is 0.00574. The molecule has 3 rings (SSSR count). The molecule has 0 radical (unpaired) electrons. The molecule has 1 heterocycles. The first-order valence-corrected chi connectivity index (χ1v) is 11.5. The Hall–Kier alpha value is -2.37. The van der Waals surface area contributed by atoms with Gasteiger partial charge >= 0.3 is 0 Å². The summed E-state index contributed by atoms with van der Waals surface area (Å²) in [4.78, 5) is 39.1. The lowest BCUT2D eigenvalue weighted by atomic mass is 9.95. The first-order chi connectivity index (χ1) is 14.5. The average molecular weight is 414 g/mol. The second kappa shape index (κ2) is 10.6. The zero-order valence-corrected chi connectivity index (χ0v) is 18.3. The van der Waals surface area contributed by atoms with Crippen molar-refractivity contribution in [3.63, 3.8) is 0 Å². The molecule has 6 nitrogen and oxygen atoms in total. The third-order valence-corrected chi connectivity index (χ3v) is 6.49. The second-order valence-corrected chi connectivity index (χ2v) is 8.72. The average Bonchev–Trinajstić information content (AvgIpc) is 3.15. The van der Waals surface area contributed by atoms with Crippen LogP contribution in [0.2, 0.25) is 0 Å². The van der Waals surface area contributed by atoms with E-state index in [0.29, 0.717) is 19.0 Å². The molecule has 1 aliphatic carbocycles. The van der Waals surface area contributed by atoms with Crippen LogP contribution in [0.25, 0.3) is 0 Å². The monoisotopic (exact) mass is 413 g/mol. The van der Waals surface area contributed by atoms with Crippen molar-refractivity contribution in [1.82, 2.24) is 10.6 Å². The Bertz CT molecular complexity index is 758. The molecule has 0 spiro atoms. The number of nitrogens with zero attached hydrogens (tertiary/aromatic N) is 1. The zero-order chi connectivity index (χ0) is 21.5. The van der Waals surface area contributed by atoms with E-state index in [1.165, 1.54) is 19.3 Å². The summed E-state index contributed by atoms with van der Waals surface area (Å²) in [6, 6.07) is 8.25. The molecule has 1 aromatic rings. The van der Waals surface area contributed by atoms with Crippen LogP contribution in [-0.2, 0) is 14.4 Å². The summed E-state index contributed by atoms with van der Waals surface area (Å²) in [7, 11) is 0.